The topological polar surface area (TPSA) is 29.1 Å². The number of nitrogens with one attached hydrogen (secondary N) is 1. The molecule has 0 heterocycles. The van der Waals surface area contributed by atoms with E-state index in [0.29, 0.717) is 5.92 Å². The fourth-order valence-electron chi connectivity index (χ4n) is 1.55. The van der Waals surface area contributed by atoms with Gasteiger partial charge >= 0.3 is 0 Å². The van der Waals surface area contributed by atoms with Crippen LogP contribution in [0.25, 0.3) is 0 Å². The Labute approximate surface area is 112 Å². The molecule has 0 aliphatic heterocycles. The van der Waals surface area contributed by atoms with Crippen molar-refractivity contribution in [1.82, 2.24) is 5.32 Å². The van der Waals surface area contributed by atoms with Crippen LogP contribution >= 0.6 is 15.9 Å². The van der Waals surface area contributed by atoms with Crippen LogP contribution in [0.3, 0.4) is 0 Å². The van der Waals surface area contributed by atoms with Gasteiger partial charge in [0.25, 0.3) is 0 Å². The molecule has 0 saturated heterocycles. The van der Waals surface area contributed by atoms with E-state index in [-0.39, 0.29) is 11.8 Å². The largest absolute Gasteiger partial charge is 0.356 e. The van der Waals surface area contributed by atoms with Crippen LogP contribution in [0.5, 0.6) is 0 Å². The normalized spacial score (nSPS) is 12.5. The van der Waals surface area contributed by atoms with Crippen molar-refractivity contribution in [2.75, 3.05) is 6.54 Å². The zero-order valence-electron chi connectivity index (χ0n) is 10.7. The Hall–Kier alpha value is -0.830. The van der Waals surface area contributed by atoms with Gasteiger partial charge in [-0.05, 0) is 30.0 Å². The lowest BCUT2D eigenvalue weighted by molar-refractivity contribution is -0.124. The van der Waals surface area contributed by atoms with Crippen molar-refractivity contribution >= 4 is 21.8 Å². The lowest BCUT2D eigenvalue weighted by Crippen LogP contribution is -2.32. The molecule has 1 unspecified atom stereocenters. The maximum Gasteiger partial charge on any atom is 0.223 e. The zero-order chi connectivity index (χ0) is 12.8. The maximum absolute atomic E-state index is 11.8. The molecule has 1 aromatic carbocycles. The molecule has 0 fully saturated rings. The van der Waals surface area contributed by atoms with Crippen LogP contribution in [-0.4, -0.2) is 12.5 Å². The highest BCUT2D eigenvalue weighted by Crippen LogP contribution is 2.14. The second kappa shape index (κ2) is 6.80. The van der Waals surface area contributed by atoms with Gasteiger partial charge in [-0.1, -0.05) is 48.8 Å². The number of halogens is 1. The highest BCUT2D eigenvalue weighted by molar-refractivity contribution is 9.10. The Balaban J connectivity index is 2.45. The maximum atomic E-state index is 11.8. The van der Waals surface area contributed by atoms with E-state index >= 15 is 0 Å². The Morgan fingerprint density at radius 1 is 1.24 bits per heavy atom. The number of rotatable bonds is 5. The first-order valence-electron chi connectivity index (χ1n) is 6.01. The van der Waals surface area contributed by atoms with Gasteiger partial charge in [-0.15, -0.1) is 0 Å². The van der Waals surface area contributed by atoms with E-state index in [4.69, 9.17) is 0 Å². The summed E-state index contributed by atoms with van der Waals surface area (Å²) in [5, 5.41) is 2.97. The predicted molar refractivity (Wildman–Crippen MR) is 74.9 cm³/mol. The molecule has 3 heteroatoms. The number of carbonyl (C=O) groups excluding carboxylic acids is 1. The van der Waals surface area contributed by atoms with E-state index in [9.17, 15) is 4.79 Å². The average molecular weight is 298 g/mol. The summed E-state index contributed by atoms with van der Waals surface area (Å²) in [6, 6.07) is 8.12. The Bertz CT molecular complexity index is 359. The van der Waals surface area contributed by atoms with Crippen LogP contribution in [0, 0.1) is 11.8 Å². The van der Waals surface area contributed by atoms with Gasteiger partial charge in [0.05, 0.1) is 0 Å². The molecule has 94 valence electrons. The fraction of sp³-hybridized carbons (Fsp3) is 0.500. The molecule has 2 nitrogen and oxygen atoms in total. The van der Waals surface area contributed by atoms with E-state index in [2.05, 4.69) is 47.2 Å². The Morgan fingerprint density at radius 3 is 2.35 bits per heavy atom. The van der Waals surface area contributed by atoms with Crippen LogP contribution in [-0.2, 0) is 11.2 Å². The summed E-state index contributed by atoms with van der Waals surface area (Å²) in [5.74, 6) is 0.662. The monoisotopic (exact) mass is 297 g/mol. The average Bonchev–Trinajstić information content (AvgIpc) is 2.28. The molecule has 1 aromatic rings. The van der Waals surface area contributed by atoms with Gasteiger partial charge in [0.2, 0.25) is 5.91 Å². The molecule has 0 bridgehead atoms. The summed E-state index contributed by atoms with van der Waals surface area (Å²) in [5.41, 5.74) is 1.19. The van der Waals surface area contributed by atoms with Crippen LogP contribution in [0.4, 0.5) is 0 Å². The van der Waals surface area contributed by atoms with Crippen molar-refractivity contribution in [2.45, 2.75) is 27.2 Å². The minimum Gasteiger partial charge on any atom is -0.356 e. The summed E-state index contributed by atoms with van der Waals surface area (Å²) in [7, 11) is 0. The van der Waals surface area contributed by atoms with Gasteiger partial charge in [0.15, 0.2) is 0 Å². The van der Waals surface area contributed by atoms with Gasteiger partial charge in [-0.2, -0.15) is 0 Å². The SMILES string of the molecule is CC(C)CNC(=O)C(C)Cc1ccc(Br)cc1. The van der Waals surface area contributed by atoms with Crippen LogP contribution in [0.1, 0.15) is 26.3 Å². The predicted octanol–water partition coefficient (Wildman–Crippen LogP) is 3.40. The fourth-order valence-corrected chi connectivity index (χ4v) is 1.81. The minimum absolute atomic E-state index is 0.0231. The highest BCUT2D eigenvalue weighted by Gasteiger charge is 2.13. The van der Waals surface area contributed by atoms with Crippen LogP contribution in [0.2, 0.25) is 0 Å². The molecule has 0 aliphatic carbocycles. The first kappa shape index (κ1) is 14.2. The molecular formula is C14H20BrNO. The summed E-state index contributed by atoms with van der Waals surface area (Å²) >= 11 is 3.40. The standard InChI is InChI=1S/C14H20BrNO/c1-10(2)9-16-14(17)11(3)8-12-4-6-13(15)7-5-12/h4-7,10-11H,8-9H2,1-3H3,(H,16,17). The molecule has 0 aliphatic rings. The number of hydrogen-bond donors (Lipinski definition) is 1. The second-order valence-electron chi connectivity index (χ2n) is 4.87. The number of hydrogen-bond acceptors (Lipinski definition) is 1. The lowest BCUT2D eigenvalue weighted by Gasteiger charge is -2.13. The lowest BCUT2D eigenvalue weighted by atomic mass is 10.0. The number of carbonyl (C=O) groups is 1. The molecule has 1 atom stereocenters. The summed E-state index contributed by atoms with van der Waals surface area (Å²) in [4.78, 5) is 11.8. The molecular weight excluding hydrogens is 278 g/mol. The third-order valence-corrected chi connectivity index (χ3v) is 3.12. The zero-order valence-corrected chi connectivity index (χ0v) is 12.3. The Morgan fingerprint density at radius 2 is 1.82 bits per heavy atom. The molecule has 0 saturated carbocycles. The van der Waals surface area contributed by atoms with Crippen molar-refractivity contribution in [3.8, 4) is 0 Å². The smallest absolute Gasteiger partial charge is 0.223 e. The third kappa shape index (κ3) is 5.35. The number of benzene rings is 1. The Kier molecular flexibility index (Phi) is 5.69. The van der Waals surface area contributed by atoms with Gasteiger partial charge in [0, 0.05) is 16.9 Å². The molecule has 1 N–H and O–H groups in total. The van der Waals surface area contributed by atoms with Crippen molar-refractivity contribution in [1.29, 1.82) is 0 Å². The van der Waals surface area contributed by atoms with E-state index in [1.54, 1.807) is 0 Å². The van der Waals surface area contributed by atoms with Gasteiger partial charge in [-0.3, -0.25) is 4.79 Å². The van der Waals surface area contributed by atoms with Crippen molar-refractivity contribution in [3.63, 3.8) is 0 Å². The summed E-state index contributed by atoms with van der Waals surface area (Å²) in [6.07, 6.45) is 0.789. The third-order valence-electron chi connectivity index (χ3n) is 2.59. The van der Waals surface area contributed by atoms with E-state index in [0.717, 1.165) is 17.4 Å². The molecule has 0 spiro atoms. The van der Waals surface area contributed by atoms with E-state index in [1.165, 1.54) is 5.56 Å². The van der Waals surface area contributed by atoms with E-state index in [1.807, 2.05) is 19.1 Å². The van der Waals surface area contributed by atoms with Gasteiger partial charge in [0.1, 0.15) is 0 Å². The van der Waals surface area contributed by atoms with Gasteiger partial charge < -0.3 is 5.32 Å². The minimum atomic E-state index is 0.0231. The van der Waals surface area contributed by atoms with Crippen molar-refractivity contribution < 1.29 is 4.79 Å². The first-order chi connectivity index (χ1) is 7.99. The molecule has 1 rings (SSSR count). The quantitative estimate of drug-likeness (QED) is 0.887. The summed E-state index contributed by atoms with van der Waals surface area (Å²) in [6.45, 7) is 6.92. The van der Waals surface area contributed by atoms with Crippen LogP contribution < -0.4 is 5.32 Å². The molecule has 0 aromatic heterocycles. The van der Waals surface area contributed by atoms with Gasteiger partial charge in [-0.25, -0.2) is 0 Å². The van der Waals surface area contributed by atoms with Crippen LogP contribution in [0.15, 0.2) is 28.7 Å². The van der Waals surface area contributed by atoms with Crippen molar-refractivity contribution in [3.05, 3.63) is 34.3 Å². The van der Waals surface area contributed by atoms with E-state index < -0.39 is 0 Å². The second-order valence-corrected chi connectivity index (χ2v) is 5.79. The summed E-state index contributed by atoms with van der Waals surface area (Å²) < 4.78 is 1.07. The van der Waals surface area contributed by atoms with Crippen molar-refractivity contribution in [2.24, 2.45) is 11.8 Å². The molecule has 17 heavy (non-hydrogen) atoms. The molecule has 0 radical (unpaired) electrons. The number of amides is 1. The first-order valence-corrected chi connectivity index (χ1v) is 6.80. The molecule has 1 amide bonds. The highest BCUT2D eigenvalue weighted by atomic mass is 79.9.